The van der Waals surface area contributed by atoms with Gasteiger partial charge in [-0.1, -0.05) is 0 Å². The molecule has 2 heterocycles. The van der Waals surface area contributed by atoms with Gasteiger partial charge in [0.05, 0.1) is 0 Å². The Morgan fingerprint density at radius 2 is 2.17 bits per heavy atom. The van der Waals surface area contributed by atoms with Crippen LogP contribution in [0.3, 0.4) is 0 Å². The Kier molecular flexibility index (Phi) is 3.56. The average molecular weight is 353 g/mol. The highest BCUT2D eigenvalue weighted by atomic mass is 79.9. The molecule has 100 valence electrons. The van der Waals surface area contributed by atoms with Crippen molar-refractivity contribution in [1.82, 2.24) is 9.62 Å². The van der Waals surface area contributed by atoms with E-state index >= 15 is 0 Å². The van der Waals surface area contributed by atoms with E-state index in [1.807, 2.05) is 0 Å². The van der Waals surface area contributed by atoms with Crippen molar-refractivity contribution in [2.75, 3.05) is 13.1 Å². The molecule has 1 N–H and O–H groups in total. The molecule has 0 unspecified atom stereocenters. The lowest BCUT2D eigenvalue weighted by molar-refractivity contribution is -0.131. The summed E-state index contributed by atoms with van der Waals surface area (Å²) in [5, 5.41) is 4.38. The van der Waals surface area contributed by atoms with Crippen LogP contribution in [0.2, 0.25) is 0 Å². The topological polar surface area (TPSA) is 66.5 Å². The molecule has 1 amide bonds. The number of hydrogen-bond donors (Lipinski definition) is 1. The number of halogens is 1. The molecule has 5 nitrogen and oxygen atoms in total. The van der Waals surface area contributed by atoms with Gasteiger partial charge >= 0.3 is 0 Å². The molecular formula is C10H13BrN2O3S2. The van der Waals surface area contributed by atoms with Crippen molar-refractivity contribution in [1.29, 1.82) is 0 Å². The van der Waals surface area contributed by atoms with E-state index in [-0.39, 0.29) is 16.7 Å². The molecule has 1 aliphatic rings. The highest BCUT2D eigenvalue weighted by Gasteiger charge is 2.45. The Morgan fingerprint density at radius 3 is 2.72 bits per heavy atom. The molecule has 0 spiro atoms. The quantitative estimate of drug-likeness (QED) is 0.874. The molecule has 18 heavy (non-hydrogen) atoms. The predicted octanol–water partition coefficient (Wildman–Crippen LogP) is 1.41. The average Bonchev–Trinajstić information content (AvgIpc) is 2.69. The first-order valence-electron chi connectivity index (χ1n) is 5.32. The lowest BCUT2D eigenvalue weighted by Gasteiger charge is -2.39. The van der Waals surface area contributed by atoms with E-state index in [4.69, 9.17) is 0 Å². The monoisotopic (exact) mass is 352 g/mol. The van der Waals surface area contributed by atoms with Crippen LogP contribution in [0.15, 0.2) is 20.1 Å². The molecule has 0 aromatic carbocycles. The van der Waals surface area contributed by atoms with Crippen LogP contribution in [0.5, 0.6) is 0 Å². The van der Waals surface area contributed by atoms with Gasteiger partial charge in [-0.2, -0.15) is 4.31 Å². The second-order valence-electron chi connectivity index (χ2n) is 4.45. The SMILES string of the molecule is CC1(C)C(=O)NCCN1S(=O)(=O)c1sccc1Br. The number of amides is 1. The maximum Gasteiger partial charge on any atom is 0.254 e. The van der Waals surface area contributed by atoms with Gasteiger partial charge in [0.2, 0.25) is 5.91 Å². The summed E-state index contributed by atoms with van der Waals surface area (Å²) in [7, 11) is -3.65. The second-order valence-corrected chi connectivity index (χ2v) is 8.28. The van der Waals surface area contributed by atoms with Gasteiger partial charge in [0, 0.05) is 17.6 Å². The smallest absolute Gasteiger partial charge is 0.254 e. The Labute approximate surface area is 118 Å². The standard InChI is InChI=1S/C10H13BrN2O3S2/c1-10(2)9(14)12-4-5-13(10)18(15,16)8-7(11)3-6-17-8/h3,6H,4-5H2,1-2H3,(H,12,14). The minimum Gasteiger partial charge on any atom is -0.353 e. The summed E-state index contributed by atoms with van der Waals surface area (Å²) in [5.74, 6) is -0.273. The second kappa shape index (κ2) is 4.59. The van der Waals surface area contributed by atoms with Crippen LogP contribution >= 0.6 is 27.3 Å². The molecule has 0 saturated carbocycles. The zero-order valence-corrected chi connectivity index (χ0v) is 13.2. The summed E-state index contributed by atoms with van der Waals surface area (Å²) in [5.41, 5.74) is -1.07. The zero-order valence-electron chi connectivity index (χ0n) is 9.94. The van der Waals surface area contributed by atoms with E-state index in [0.717, 1.165) is 11.3 Å². The van der Waals surface area contributed by atoms with E-state index in [2.05, 4.69) is 21.2 Å². The summed E-state index contributed by atoms with van der Waals surface area (Å²) in [4.78, 5) is 11.8. The van der Waals surface area contributed by atoms with Crippen LogP contribution in [0.25, 0.3) is 0 Å². The highest BCUT2D eigenvalue weighted by Crippen LogP contribution is 2.34. The van der Waals surface area contributed by atoms with Gasteiger partial charge in [-0.25, -0.2) is 8.42 Å². The molecule has 1 aromatic rings. The number of piperazine rings is 1. The molecule has 8 heteroatoms. The number of nitrogens with one attached hydrogen (secondary N) is 1. The summed E-state index contributed by atoms with van der Waals surface area (Å²) in [6.07, 6.45) is 0. The number of sulfonamides is 1. The number of rotatable bonds is 2. The summed E-state index contributed by atoms with van der Waals surface area (Å²) in [6.45, 7) is 3.84. The van der Waals surface area contributed by atoms with E-state index in [9.17, 15) is 13.2 Å². The van der Waals surface area contributed by atoms with Crippen LogP contribution in [0.4, 0.5) is 0 Å². The molecule has 0 bridgehead atoms. The largest absolute Gasteiger partial charge is 0.353 e. The number of carbonyl (C=O) groups excluding carboxylic acids is 1. The normalized spacial score (nSPS) is 20.7. The van der Waals surface area contributed by atoms with Crippen molar-refractivity contribution in [3.05, 3.63) is 15.9 Å². The molecule has 2 rings (SSSR count). The van der Waals surface area contributed by atoms with Gasteiger partial charge in [0.15, 0.2) is 0 Å². The predicted molar refractivity (Wildman–Crippen MR) is 73.0 cm³/mol. The van der Waals surface area contributed by atoms with E-state index < -0.39 is 15.6 Å². The Morgan fingerprint density at radius 1 is 1.50 bits per heavy atom. The van der Waals surface area contributed by atoms with Crippen LogP contribution in [-0.4, -0.2) is 37.3 Å². The first-order valence-corrected chi connectivity index (χ1v) is 8.43. The number of hydrogen-bond acceptors (Lipinski definition) is 4. The van der Waals surface area contributed by atoms with Gasteiger partial charge in [0.1, 0.15) is 9.75 Å². The summed E-state index contributed by atoms with van der Waals surface area (Å²) in [6, 6.07) is 1.69. The van der Waals surface area contributed by atoms with Crippen molar-refractivity contribution >= 4 is 43.2 Å². The first-order chi connectivity index (χ1) is 8.28. The minimum atomic E-state index is -3.65. The van der Waals surface area contributed by atoms with Crippen LogP contribution < -0.4 is 5.32 Å². The molecule has 0 atom stereocenters. The number of carbonyl (C=O) groups is 1. The third kappa shape index (κ3) is 2.11. The van der Waals surface area contributed by atoms with Crippen molar-refractivity contribution < 1.29 is 13.2 Å². The Bertz CT molecular complexity index is 580. The summed E-state index contributed by atoms with van der Waals surface area (Å²) < 4.78 is 27.2. The van der Waals surface area contributed by atoms with Crippen LogP contribution in [0.1, 0.15) is 13.8 Å². The lowest BCUT2D eigenvalue weighted by atomic mass is 10.0. The molecule has 1 aromatic heterocycles. The Balaban J connectivity index is 2.48. The van der Waals surface area contributed by atoms with Crippen LogP contribution in [-0.2, 0) is 14.8 Å². The molecule has 0 aliphatic carbocycles. The summed E-state index contributed by atoms with van der Waals surface area (Å²) >= 11 is 4.37. The zero-order chi connectivity index (χ0) is 13.6. The molecule has 1 aliphatic heterocycles. The fraction of sp³-hybridized carbons (Fsp3) is 0.500. The molecule has 1 fully saturated rings. The molecule has 0 radical (unpaired) electrons. The van der Waals surface area contributed by atoms with E-state index in [1.54, 1.807) is 25.3 Å². The van der Waals surface area contributed by atoms with E-state index in [0.29, 0.717) is 11.0 Å². The van der Waals surface area contributed by atoms with Gasteiger partial charge in [-0.3, -0.25) is 4.79 Å². The number of thiophene rings is 1. The third-order valence-electron chi connectivity index (χ3n) is 2.89. The van der Waals surface area contributed by atoms with Gasteiger partial charge in [0.25, 0.3) is 10.0 Å². The minimum absolute atomic E-state index is 0.241. The Hall–Kier alpha value is -0.440. The van der Waals surface area contributed by atoms with Gasteiger partial charge in [-0.05, 0) is 41.2 Å². The van der Waals surface area contributed by atoms with Gasteiger partial charge in [-0.15, -0.1) is 11.3 Å². The van der Waals surface area contributed by atoms with Crippen LogP contribution in [0, 0.1) is 0 Å². The highest BCUT2D eigenvalue weighted by molar-refractivity contribution is 9.10. The van der Waals surface area contributed by atoms with E-state index in [1.165, 1.54) is 4.31 Å². The third-order valence-corrected chi connectivity index (χ3v) is 7.61. The lowest BCUT2D eigenvalue weighted by Crippen LogP contribution is -2.63. The maximum atomic E-state index is 12.6. The maximum absolute atomic E-state index is 12.6. The van der Waals surface area contributed by atoms with Crippen molar-refractivity contribution in [3.8, 4) is 0 Å². The van der Waals surface area contributed by atoms with Crippen molar-refractivity contribution in [2.24, 2.45) is 0 Å². The molecule has 1 saturated heterocycles. The first kappa shape index (κ1) is 14.0. The number of nitrogens with zero attached hydrogens (tertiary/aromatic N) is 1. The fourth-order valence-corrected chi connectivity index (χ4v) is 6.03. The fourth-order valence-electron chi connectivity index (χ4n) is 1.86. The van der Waals surface area contributed by atoms with Crippen molar-refractivity contribution in [2.45, 2.75) is 23.6 Å². The van der Waals surface area contributed by atoms with Crippen molar-refractivity contribution in [3.63, 3.8) is 0 Å². The van der Waals surface area contributed by atoms with Gasteiger partial charge < -0.3 is 5.32 Å². The molecular weight excluding hydrogens is 340 g/mol.